The second-order valence-corrected chi connectivity index (χ2v) is 78.8. The van der Waals surface area contributed by atoms with Crippen LogP contribution in [0.15, 0.2) is 0 Å². The zero-order valence-corrected chi connectivity index (χ0v) is 23.0. The van der Waals surface area contributed by atoms with Crippen molar-refractivity contribution in [3.8, 4) is 0 Å². The molecule has 0 aromatic rings. The lowest BCUT2D eigenvalue weighted by atomic mass is 11.8. The molecule has 122 valence electrons. The Kier molecular flexibility index (Phi) is 5.79. The van der Waals surface area contributed by atoms with Crippen LogP contribution in [-0.2, 0) is 0 Å². The summed E-state index contributed by atoms with van der Waals surface area (Å²) >= 11 is 0. The highest BCUT2D eigenvalue weighted by molar-refractivity contribution is 8.08. The molecule has 0 aliphatic rings. The molecule has 0 aromatic carbocycles. The van der Waals surface area contributed by atoms with Crippen LogP contribution in [0.5, 0.6) is 0 Å². The molecule has 0 fully saturated rings. The second-order valence-electron chi connectivity index (χ2n) is 11.2. The van der Waals surface area contributed by atoms with Crippen LogP contribution in [-0.4, -0.2) is 43.6 Å². The standard InChI is InChI=1S/C14H42Si6/c1-15(2,3)19(13,16(4,5)6)20(14,17(7,8)9)18(10,11)12/h1-14H3. The van der Waals surface area contributed by atoms with E-state index in [-0.39, 0.29) is 0 Å². The first-order valence-corrected chi connectivity index (χ1v) is 32.2. The van der Waals surface area contributed by atoms with Gasteiger partial charge in [0.15, 0.2) is 0 Å². The largest absolute Gasteiger partial charge is 0.0750 e. The molecule has 0 aromatic heterocycles. The minimum absolute atomic E-state index is 1.07. The normalized spacial score (nSPS) is 16.5. The molecule has 0 amide bonds. The van der Waals surface area contributed by atoms with Gasteiger partial charge in [0.1, 0.15) is 0 Å². The highest BCUT2D eigenvalue weighted by Gasteiger charge is 2.69. The minimum atomic E-state index is -1.14. The van der Waals surface area contributed by atoms with Crippen molar-refractivity contribution in [2.45, 2.75) is 91.7 Å². The summed E-state index contributed by atoms with van der Waals surface area (Å²) in [5.74, 6) is 0. The first-order chi connectivity index (χ1) is 8.25. The highest BCUT2D eigenvalue weighted by atomic mass is 30.2. The Hall–Kier alpha value is 1.30. The summed E-state index contributed by atoms with van der Waals surface area (Å²) in [4.78, 5) is 0. The van der Waals surface area contributed by atoms with Gasteiger partial charge in [-0.25, -0.2) is 0 Å². The van der Waals surface area contributed by atoms with E-state index in [0.717, 1.165) is 0 Å². The summed E-state index contributed by atoms with van der Waals surface area (Å²) in [5, 5.41) is 0. The summed E-state index contributed by atoms with van der Waals surface area (Å²) in [7, 11) is -4.28. The van der Waals surface area contributed by atoms with Crippen molar-refractivity contribution in [1.82, 2.24) is 0 Å². The summed E-state index contributed by atoms with van der Waals surface area (Å²) < 4.78 is 0. The monoisotopic (exact) mass is 378 g/mol. The van der Waals surface area contributed by atoms with E-state index in [2.05, 4.69) is 91.7 Å². The van der Waals surface area contributed by atoms with E-state index in [4.69, 9.17) is 0 Å². The molecule has 0 saturated carbocycles. The molecule has 0 saturated heterocycles. The molecule has 0 unspecified atom stereocenters. The van der Waals surface area contributed by atoms with Crippen molar-refractivity contribution in [2.24, 2.45) is 0 Å². The average Bonchev–Trinajstić information content (AvgIpc) is 2.07. The predicted octanol–water partition coefficient (Wildman–Crippen LogP) is 5.89. The van der Waals surface area contributed by atoms with Crippen LogP contribution in [0.4, 0.5) is 0 Å². The third kappa shape index (κ3) is 3.02. The first-order valence-electron chi connectivity index (χ1n) is 8.25. The number of hydrogen-bond acceptors (Lipinski definition) is 0. The maximum absolute atomic E-state index is 2.92. The SMILES string of the molecule is C[Si](C)(C)[Si](C)([Si](C)(C)C)[Si](C)([Si](C)(C)C)[Si](C)(C)C. The molecule has 0 heterocycles. The molecule has 0 nitrogen and oxygen atoms in total. The lowest BCUT2D eigenvalue weighted by Crippen LogP contribution is -2.94. The molecule has 6 heteroatoms. The van der Waals surface area contributed by atoms with E-state index < -0.39 is 43.6 Å². The molecule has 0 atom stereocenters. The van der Waals surface area contributed by atoms with Crippen LogP contribution in [0, 0.1) is 0 Å². The lowest BCUT2D eigenvalue weighted by Gasteiger charge is -2.66. The van der Waals surface area contributed by atoms with E-state index in [9.17, 15) is 0 Å². The van der Waals surface area contributed by atoms with Crippen LogP contribution < -0.4 is 0 Å². The van der Waals surface area contributed by atoms with Gasteiger partial charge < -0.3 is 0 Å². The molecule has 0 rings (SSSR count). The van der Waals surface area contributed by atoms with Crippen LogP contribution in [0.3, 0.4) is 0 Å². The fourth-order valence-electron chi connectivity index (χ4n) is 5.25. The summed E-state index contributed by atoms with van der Waals surface area (Å²) in [6.45, 7) is 36.4. The molecule has 0 radical (unpaired) electrons. The number of hydrogen-bond donors (Lipinski definition) is 0. The van der Waals surface area contributed by atoms with Gasteiger partial charge in [0.25, 0.3) is 0 Å². The Labute approximate surface area is 135 Å². The van der Waals surface area contributed by atoms with Crippen molar-refractivity contribution < 1.29 is 0 Å². The third-order valence-corrected chi connectivity index (χ3v) is 144. The molecule has 0 spiro atoms. The van der Waals surface area contributed by atoms with Crippen molar-refractivity contribution in [1.29, 1.82) is 0 Å². The fraction of sp³-hybridized carbons (Fsp3) is 1.00. The van der Waals surface area contributed by atoms with E-state index in [1.165, 1.54) is 0 Å². The molecule has 0 bridgehead atoms. The van der Waals surface area contributed by atoms with Gasteiger partial charge in [-0.15, -0.1) is 0 Å². The molecule has 0 aliphatic heterocycles. The molecular formula is C14H42Si6. The Bertz CT molecular complexity index is 284. The van der Waals surface area contributed by atoms with E-state index in [1.54, 1.807) is 0 Å². The fourth-order valence-corrected chi connectivity index (χ4v) is 223. The van der Waals surface area contributed by atoms with Crippen molar-refractivity contribution in [3.05, 3.63) is 0 Å². The Morgan fingerprint density at radius 3 is 0.400 bits per heavy atom. The maximum atomic E-state index is 2.92. The van der Waals surface area contributed by atoms with E-state index in [1.807, 2.05) is 0 Å². The second kappa shape index (κ2) is 5.44. The lowest BCUT2D eigenvalue weighted by molar-refractivity contribution is 1.71. The van der Waals surface area contributed by atoms with Crippen LogP contribution in [0.1, 0.15) is 0 Å². The van der Waals surface area contributed by atoms with E-state index >= 15 is 0 Å². The van der Waals surface area contributed by atoms with Crippen LogP contribution in [0.25, 0.3) is 0 Å². The maximum Gasteiger partial charge on any atom is 0.0329 e. The van der Waals surface area contributed by atoms with Gasteiger partial charge in [-0.1, -0.05) is 91.7 Å². The van der Waals surface area contributed by atoms with Gasteiger partial charge in [-0.05, 0) is 0 Å². The average molecular weight is 379 g/mol. The smallest absolute Gasteiger partial charge is 0.0329 e. The molecule has 20 heavy (non-hydrogen) atoms. The summed E-state index contributed by atoms with van der Waals surface area (Å²) in [6, 6.07) is 0. The third-order valence-electron chi connectivity index (χ3n) is 7.00. The van der Waals surface area contributed by atoms with Crippen LogP contribution >= 0.6 is 0 Å². The highest BCUT2D eigenvalue weighted by Crippen LogP contribution is 2.45. The molecule has 0 aliphatic carbocycles. The Morgan fingerprint density at radius 1 is 0.250 bits per heavy atom. The zero-order chi connectivity index (χ0) is 17.0. The first kappa shape index (κ1) is 21.3. The Morgan fingerprint density at radius 2 is 0.350 bits per heavy atom. The summed E-state index contributed by atoms with van der Waals surface area (Å²) in [5.41, 5.74) is 0. The minimum Gasteiger partial charge on any atom is -0.0750 e. The molecular weight excluding hydrogens is 337 g/mol. The van der Waals surface area contributed by atoms with E-state index in [0.29, 0.717) is 0 Å². The van der Waals surface area contributed by atoms with Gasteiger partial charge >= 0.3 is 0 Å². The molecule has 0 N–H and O–H groups in total. The van der Waals surface area contributed by atoms with Crippen molar-refractivity contribution in [3.63, 3.8) is 0 Å². The quantitative estimate of drug-likeness (QED) is 0.523. The topological polar surface area (TPSA) is 0 Å². The number of rotatable bonds is 5. The van der Waals surface area contributed by atoms with Crippen LogP contribution in [0.2, 0.25) is 91.7 Å². The summed E-state index contributed by atoms with van der Waals surface area (Å²) in [6.07, 6.45) is 0. The van der Waals surface area contributed by atoms with Gasteiger partial charge in [-0.2, -0.15) is 0 Å². The van der Waals surface area contributed by atoms with Gasteiger partial charge in [0.2, 0.25) is 0 Å². The van der Waals surface area contributed by atoms with Gasteiger partial charge in [0.05, 0.1) is 0 Å². The Balaban J connectivity index is 6.71. The van der Waals surface area contributed by atoms with Crippen molar-refractivity contribution >= 4 is 43.6 Å². The van der Waals surface area contributed by atoms with Crippen molar-refractivity contribution in [2.75, 3.05) is 0 Å². The zero-order valence-electron chi connectivity index (χ0n) is 17.0. The van der Waals surface area contributed by atoms with Gasteiger partial charge in [-0.3, -0.25) is 0 Å². The predicted molar refractivity (Wildman–Crippen MR) is 117 cm³/mol. The van der Waals surface area contributed by atoms with Gasteiger partial charge in [0, 0.05) is 43.6 Å².